The molecule has 0 aliphatic heterocycles. The highest BCUT2D eigenvalue weighted by Gasteiger charge is 2.67. The summed E-state index contributed by atoms with van der Waals surface area (Å²) in [5, 5.41) is 45.1. The first-order valence-corrected chi connectivity index (χ1v) is 14.6. The van der Waals surface area contributed by atoms with E-state index in [2.05, 4.69) is 0 Å². The average molecular weight is 627 g/mol. The molecular weight excluding hydrogens is 588 g/mol. The maximum absolute atomic E-state index is 14.0. The molecule has 1 amide bonds. The minimum absolute atomic E-state index is 0.0215. The molecule has 0 heterocycles. The molecule has 13 heteroatoms. The number of aliphatic hydroxyl groups excluding tert-OH is 2. The SMILES string of the molecule is CCOC(=O)C(=C\c1ccc(O)c2c1C[C@@H]1C[C@@H]3[C@@H](N(C)C)C(O)C(C(N)=O)C(=O)[C@]3(O)C(=O)C1=C2O)/C=C(\C)C(=O)OCC. The molecular formula is C32H38N2O11. The van der Waals surface area contributed by atoms with Crippen LogP contribution in [0.4, 0.5) is 0 Å². The Hall–Kier alpha value is -4.33. The van der Waals surface area contributed by atoms with E-state index in [4.69, 9.17) is 15.2 Å². The van der Waals surface area contributed by atoms with Gasteiger partial charge in [-0.15, -0.1) is 0 Å². The Morgan fingerprint density at radius 1 is 1.09 bits per heavy atom. The summed E-state index contributed by atoms with van der Waals surface area (Å²) >= 11 is 0. The Kier molecular flexibility index (Phi) is 9.38. The van der Waals surface area contributed by atoms with Crippen LogP contribution in [0.1, 0.15) is 43.9 Å². The van der Waals surface area contributed by atoms with Crippen LogP contribution in [0.2, 0.25) is 0 Å². The summed E-state index contributed by atoms with van der Waals surface area (Å²) in [5.41, 5.74) is 3.01. The highest BCUT2D eigenvalue weighted by Crippen LogP contribution is 2.52. The zero-order valence-electron chi connectivity index (χ0n) is 25.7. The van der Waals surface area contributed by atoms with Crippen molar-refractivity contribution >= 4 is 41.2 Å². The molecule has 3 aliphatic rings. The minimum Gasteiger partial charge on any atom is -0.507 e. The Bertz CT molecular complexity index is 1560. The van der Waals surface area contributed by atoms with E-state index in [0.29, 0.717) is 11.1 Å². The van der Waals surface area contributed by atoms with Crippen molar-refractivity contribution in [3.63, 3.8) is 0 Å². The summed E-state index contributed by atoms with van der Waals surface area (Å²) in [5.74, 6) is -9.88. The summed E-state index contributed by atoms with van der Waals surface area (Å²) in [6.07, 6.45) is 1.07. The second-order valence-corrected chi connectivity index (χ2v) is 11.7. The Morgan fingerprint density at radius 2 is 1.71 bits per heavy atom. The number of hydrogen-bond donors (Lipinski definition) is 5. The Balaban J connectivity index is 1.90. The van der Waals surface area contributed by atoms with Gasteiger partial charge in [-0.25, -0.2) is 9.59 Å². The first kappa shape index (κ1) is 33.6. The summed E-state index contributed by atoms with van der Waals surface area (Å²) in [4.78, 5) is 66.4. The van der Waals surface area contributed by atoms with E-state index in [0.717, 1.165) is 0 Å². The number of hydrogen-bond acceptors (Lipinski definition) is 12. The maximum Gasteiger partial charge on any atom is 0.338 e. The molecule has 0 bridgehead atoms. The van der Waals surface area contributed by atoms with Gasteiger partial charge in [-0.05, 0) is 83.0 Å². The number of ether oxygens (including phenoxy) is 2. The summed E-state index contributed by atoms with van der Waals surface area (Å²) < 4.78 is 10.2. The first-order valence-electron chi connectivity index (χ1n) is 14.6. The van der Waals surface area contributed by atoms with Gasteiger partial charge in [0, 0.05) is 23.1 Å². The van der Waals surface area contributed by atoms with Crippen molar-refractivity contribution in [3.05, 3.63) is 51.6 Å². The fraction of sp³-hybridized carbons (Fsp3) is 0.469. The number of aromatic hydroxyl groups is 1. The van der Waals surface area contributed by atoms with Gasteiger partial charge in [-0.2, -0.15) is 0 Å². The van der Waals surface area contributed by atoms with Crippen molar-refractivity contribution < 1.29 is 53.9 Å². The van der Waals surface area contributed by atoms with Crippen LogP contribution >= 0.6 is 0 Å². The number of esters is 2. The number of rotatable bonds is 8. The van der Waals surface area contributed by atoms with Gasteiger partial charge in [0.2, 0.25) is 11.7 Å². The molecule has 2 fully saturated rings. The fourth-order valence-corrected chi connectivity index (χ4v) is 6.84. The van der Waals surface area contributed by atoms with Crippen LogP contribution in [0.15, 0.2) is 34.9 Å². The zero-order chi connectivity index (χ0) is 33.5. The van der Waals surface area contributed by atoms with Crippen LogP contribution in [0.25, 0.3) is 11.8 Å². The van der Waals surface area contributed by atoms with Gasteiger partial charge in [0.25, 0.3) is 0 Å². The normalized spacial score (nSPS) is 28.3. The molecule has 0 saturated heterocycles. The van der Waals surface area contributed by atoms with E-state index < -0.39 is 76.4 Å². The third-order valence-electron chi connectivity index (χ3n) is 8.80. The van der Waals surface area contributed by atoms with E-state index in [1.807, 2.05) is 0 Å². The molecule has 13 nitrogen and oxygen atoms in total. The van der Waals surface area contributed by atoms with Crippen molar-refractivity contribution in [2.24, 2.45) is 23.5 Å². The van der Waals surface area contributed by atoms with Gasteiger partial charge in [-0.3, -0.25) is 14.4 Å². The predicted molar refractivity (Wildman–Crippen MR) is 159 cm³/mol. The predicted octanol–water partition coefficient (Wildman–Crippen LogP) is 0.585. The number of primary amides is 1. The monoisotopic (exact) mass is 626 g/mol. The standard InChI is InChI=1S/C32H38N2O11/c1-6-44-30(41)14(3)10-17(31(42)45-7-2)11-15-8-9-20(35)22-18(15)12-16-13-19-24(34(4)5)26(37)23(29(33)40)28(39)32(19,43)27(38)21(16)25(22)36/h8-11,16,19,23-24,26,35-37,43H,6-7,12-13H2,1-5H3,(H2,33,40)/b14-10+,17-11-/t16-,19-,23?,24-,26?,32-/m1/s1. The molecule has 4 rings (SSSR count). The number of phenolic OH excluding ortho intramolecular Hbond substituents is 1. The van der Waals surface area contributed by atoms with Crippen molar-refractivity contribution in [1.82, 2.24) is 4.90 Å². The van der Waals surface area contributed by atoms with E-state index in [1.54, 1.807) is 27.9 Å². The molecule has 45 heavy (non-hydrogen) atoms. The lowest BCUT2D eigenvalue weighted by atomic mass is 9.54. The highest BCUT2D eigenvalue weighted by molar-refractivity contribution is 6.25. The smallest absolute Gasteiger partial charge is 0.338 e. The van der Waals surface area contributed by atoms with Crippen molar-refractivity contribution in [2.45, 2.75) is 51.4 Å². The molecule has 0 spiro atoms. The zero-order valence-corrected chi connectivity index (χ0v) is 25.7. The first-order chi connectivity index (χ1) is 21.1. The number of aliphatic hydroxyl groups is 3. The van der Waals surface area contributed by atoms with Crippen molar-refractivity contribution in [1.29, 1.82) is 0 Å². The van der Waals surface area contributed by atoms with Crippen LogP contribution in [-0.2, 0) is 39.9 Å². The maximum atomic E-state index is 14.0. The molecule has 6 N–H and O–H groups in total. The number of phenols is 1. The molecule has 6 atom stereocenters. The highest BCUT2D eigenvalue weighted by atomic mass is 16.5. The second-order valence-electron chi connectivity index (χ2n) is 11.7. The number of carbonyl (C=O) groups excluding carboxylic acids is 5. The molecule has 3 aliphatic carbocycles. The second kappa shape index (κ2) is 12.6. The van der Waals surface area contributed by atoms with E-state index >= 15 is 0 Å². The summed E-state index contributed by atoms with van der Waals surface area (Å²) in [6.45, 7) is 4.90. The lowest BCUT2D eigenvalue weighted by Crippen LogP contribution is -2.73. The van der Waals surface area contributed by atoms with Crippen LogP contribution < -0.4 is 5.73 Å². The molecule has 2 unspecified atom stereocenters. The van der Waals surface area contributed by atoms with Gasteiger partial charge in [0.15, 0.2) is 11.4 Å². The molecule has 2 saturated carbocycles. The topological polar surface area (TPSA) is 214 Å². The van der Waals surface area contributed by atoms with Crippen LogP contribution in [0, 0.1) is 17.8 Å². The van der Waals surface area contributed by atoms with Gasteiger partial charge in [0.1, 0.15) is 17.4 Å². The Morgan fingerprint density at radius 3 is 2.29 bits per heavy atom. The minimum atomic E-state index is -2.77. The van der Waals surface area contributed by atoms with Crippen LogP contribution in [-0.4, -0.2) is 99.8 Å². The largest absolute Gasteiger partial charge is 0.507 e. The average Bonchev–Trinajstić information content (AvgIpc) is 2.95. The van der Waals surface area contributed by atoms with Crippen LogP contribution in [0.3, 0.4) is 0 Å². The van der Waals surface area contributed by atoms with E-state index in [9.17, 15) is 44.4 Å². The van der Waals surface area contributed by atoms with Crippen molar-refractivity contribution in [2.75, 3.05) is 27.3 Å². The molecule has 0 aromatic heterocycles. The number of benzene rings is 1. The molecule has 1 aromatic carbocycles. The molecule has 242 valence electrons. The van der Waals surface area contributed by atoms with Gasteiger partial charge >= 0.3 is 11.9 Å². The van der Waals surface area contributed by atoms with E-state index in [1.165, 1.54) is 36.1 Å². The Labute approximate surface area is 259 Å². The molecule has 1 aromatic rings. The number of ketones is 2. The number of nitrogens with two attached hydrogens (primary N) is 1. The third-order valence-corrected chi connectivity index (χ3v) is 8.80. The lowest BCUT2D eigenvalue weighted by molar-refractivity contribution is -0.184. The lowest BCUT2D eigenvalue weighted by Gasteiger charge is -2.53. The third kappa shape index (κ3) is 5.55. The number of nitrogens with zero attached hydrogens (tertiary/aromatic N) is 1. The number of likely N-dealkylation sites (N-methyl/N-ethyl adjacent to an activating group) is 1. The number of amides is 1. The van der Waals surface area contributed by atoms with Gasteiger partial charge in [-0.1, -0.05) is 6.07 Å². The van der Waals surface area contributed by atoms with Gasteiger partial charge < -0.3 is 40.5 Å². The number of fused-ring (bicyclic) bond motifs is 3. The van der Waals surface area contributed by atoms with Crippen molar-refractivity contribution in [3.8, 4) is 5.75 Å². The molecule has 0 radical (unpaired) electrons. The van der Waals surface area contributed by atoms with Gasteiger partial charge in [0.05, 0.1) is 30.5 Å². The number of carbonyl (C=O) groups is 5. The van der Waals surface area contributed by atoms with Crippen LogP contribution in [0.5, 0.6) is 5.75 Å². The number of Topliss-reactive ketones (excluding diaryl/α,β-unsaturated/α-hetero) is 2. The summed E-state index contributed by atoms with van der Waals surface area (Å²) in [7, 11) is 3.13. The fourth-order valence-electron chi connectivity index (χ4n) is 6.84. The van der Waals surface area contributed by atoms with E-state index in [-0.39, 0.29) is 48.3 Å². The quantitative estimate of drug-likeness (QED) is 0.116. The summed E-state index contributed by atoms with van der Waals surface area (Å²) in [6, 6.07) is 1.70.